The van der Waals surface area contributed by atoms with Crippen molar-refractivity contribution in [1.82, 2.24) is 14.9 Å². The van der Waals surface area contributed by atoms with E-state index in [1.807, 2.05) is 4.90 Å². The normalized spacial score (nSPS) is 19.7. The molecule has 0 bridgehead atoms. The highest BCUT2D eigenvalue weighted by atomic mass is 16.5. The second-order valence-corrected chi connectivity index (χ2v) is 6.66. The van der Waals surface area contributed by atoms with Crippen molar-refractivity contribution in [2.45, 2.75) is 31.8 Å². The molecule has 2 aromatic rings. The number of hydrogen-bond donors (Lipinski definition) is 1. The fraction of sp³-hybridized carbons (Fsp3) is 0.421. The van der Waals surface area contributed by atoms with Crippen molar-refractivity contribution < 1.29 is 9.53 Å². The summed E-state index contributed by atoms with van der Waals surface area (Å²) in [6, 6.07) is 6.45. The number of nitrogens with two attached hydrogens (primary N) is 1. The highest BCUT2D eigenvalue weighted by Gasteiger charge is 2.28. The number of hydrogen-bond acceptors (Lipinski definition) is 5. The topological polar surface area (TPSA) is 81.3 Å². The van der Waals surface area contributed by atoms with Crippen molar-refractivity contribution in [1.29, 1.82) is 0 Å². The monoisotopic (exact) mass is 338 g/mol. The lowest BCUT2D eigenvalue weighted by molar-refractivity contribution is -0.138. The minimum absolute atomic E-state index is 0.119. The quantitative estimate of drug-likeness (QED) is 0.921. The van der Waals surface area contributed by atoms with Gasteiger partial charge in [0.1, 0.15) is 17.6 Å². The Kier molecular flexibility index (Phi) is 4.36. The molecule has 1 aliphatic carbocycles. The van der Waals surface area contributed by atoms with Gasteiger partial charge in [0, 0.05) is 18.9 Å². The predicted molar refractivity (Wildman–Crippen MR) is 93.9 cm³/mol. The zero-order chi connectivity index (χ0) is 17.2. The van der Waals surface area contributed by atoms with Crippen LogP contribution in [0.1, 0.15) is 34.9 Å². The van der Waals surface area contributed by atoms with Gasteiger partial charge < -0.3 is 15.4 Å². The van der Waals surface area contributed by atoms with E-state index in [-0.39, 0.29) is 12.0 Å². The Morgan fingerprint density at radius 3 is 2.96 bits per heavy atom. The number of rotatable bonds is 3. The lowest BCUT2D eigenvalue weighted by Gasteiger charge is -2.33. The second kappa shape index (κ2) is 6.80. The Morgan fingerprint density at radius 2 is 2.08 bits per heavy atom. The van der Waals surface area contributed by atoms with Crippen molar-refractivity contribution in [3.63, 3.8) is 0 Å². The molecule has 4 rings (SSSR count). The SMILES string of the molecule is Nc1nccnc1[C@H]1CN(C(=O)Cc2ccc3c(c2)CCC3)CCO1. The molecule has 25 heavy (non-hydrogen) atoms. The number of nitrogen functional groups attached to an aromatic ring is 1. The van der Waals surface area contributed by atoms with Gasteiger partial charge in [0.25, 0.3) is 0 Å². The minimum Gasteiger partial charge on any atom is -0.382 e. The number of carbonyl (C=O) groups is 1. The minimum atomic E-state index is -0.313. The summed E-state index contributed by atoms with van der Waals surface area (Å²) >= 11 is 0. The van der Waals surface area contributed by atoms with E-state index in [2.05, 4.69) is 28.2 Å². The molecule has 0 saturated carbocycles. The molecule has 2 heterocycles. The zero-order valence-electron chi connectivity index (χ0n) is 14.1. The first-order chi connectivity index (χ1) is 12.2. The van der Waals surface area contributed by atoms with Gasteiger partial charge in [-0.25, -0.2) is 4.98 Å². The van der Waals surface area contributed by atoms with Gasteiger partial charge in [0.05, 0.1) is 19.6 Å². The summed E-state index contributed by atoms with van der Waals surface area (Å²) < 4.78 is 5.76. The molecule has 1 aliphatic heterocycles. The van der Waals surface area contributed by atoms with Gasteiger partial charge in [-0.15, -0.1) is 0 Å². The smallest absolute Gasteiger partial charge is 0.227 e. The average Bonchev–Trinajstić information content (AvgIpc) is 3.10. The molecule has 0 spiro atoms. The number of ether oxygens (including phenoxy) is 1. The molecule has 2 aliphatic rings. The highest BCUT2D eigenvalue weighted by Crippen LogP contribution is 2.25. The molecule has 2 N–H and O–H groups in total. The van der Waals surface area contributed by atoms with E-state index in [9.17, 15) is 4.79 Å². The maximum absolute atomic E-state index is 12.7. The molecule has 0 unspecified atom stereocenters. The number of benzene rings is 1. The third-order valence-corrected chi connectivity index (χ3v) is 5.00. The Hall–Kier alpha value is -2.47. The standard InChI is InChI=1S/C19H22N4O2/c20-19-18(21-6-7-22-19)16-12-23(8-9-25-16)17(24)11-13-4-5-14-2-1-3-15(14)10-13/h4-7,10,16H,1-3,8-9,11-12H2,(H2,20,22)/t16-/m1/s1. The molecule has 1 fully saturated rings. The number of amides is 1. The largest absolute Gasteiger partial charge is 0.382 e. The van der Waals surface area contributed by atoms with Crippen LogP contribution in [0.15, 0.2) is 30.6 Å². The van der Waals surface area contributed by atoms with Crippen LogP contribution in [0.2, 0.25) is 0 Å². The third-order valence-electron chi connectivity index (χ3n) is 5.00. The zero-order valence-corrected chi connectivity index (χ0v) is 14.1. The summed E-state index contributed by atoms with van der Waals surface area (Å²) in [5, 5.41) is 0. The highest BCUT2D eigenvalue weighted by molar-refractivity contribution is 5.79. The Bertz CT molecular complexity index is 793. The van der Waals surface area contributed by atoms with Crippen LogP contribution in [0.5, 0.6) is 0 Å². The van der Waals surface area contributed by atoms with Crippen LogP contribution in [0.25, 0.3) is 0 Å². The van der Waals surface area contributed by atoms with E-state index in [0.29, 0.717) is 37.6 Å². The lowest BCUT2D eigenvalue weighted by Crippen LogP contribution is -2.43. The summed E-state index contributed by atoms with van der Waals surface area (Å²) in [6.07, 6.45) is 6.77. The Labute approximate surface area is 147 Å². The van der Waals surface area contributed by atoms with Gasteiger partial charge in [-0.3, -0.25) is 9.78 Å². The molecule has 1 saturated heterocycles. The van der Waals surface area contributed by atoms with Gasteiger partial charge in [0.15, 0.2) is 0 Å². The number of carbonyl (C=O) groups excluding carboxylic acids is 1. The van der Waals surface area contributed by atoms with Crippen LogP contribution < -0.4 is 5.73 Å². The van der Waals surface area contributed by atoms with Crippen molar-refractivity contribution in [2.75, 3.05) is 25.4 Å². The van der Waals surface area contributed by atoms with E-state index in [4.69, 9.17) is 10.5 Å². The maximum atomic E-state index is 12.7. The number of nitrogens with zero attached hydrogens (tertiary/aromatic N) is 3. The number of morpholine rings is 1. The van der Waals surface area contributed by atoms with Crippen molar-refractivity contribution in [3.8, 4) is 0 Å². The number of aryl methyl sites for hydroxylation is 2. The van der Waals surface area contributed by atoms with E-state index in [1.54, 1.807) is 12.4 Å². The number of anilines is 1. The fourth-order valence-corrected chi connectivity index (χ4v) is 3.67. The van der Waals surface area contributed by atoms with Crippen molar-refractivity contribution in [2.24, 2.45) is 0 Å². The number of fused-ring (bicyclic) bond motifs is 1. The first-order valence-electron chi connectivity index (χ1n) is 8.77. The first-order valence-corrected chi connectivity index (χ1v) is 8.77. The summed E-state index contributed by atoms with van der Waals surface area (Å²) in [7, 11) is 0. The second-order valence-electron chi connectivity index (χ2n) is 6.66. The molecular weight excluding hydrogens is 316 g/mol. The number of aromatic nitrogens is 2. The molecule has 0 radical (unpaired) electrons. The first kappa shape index (κ1) is 16.0. The summed E-state index contributed by atoms with van der Waals surface area (Å²) in [5.41, 5.74) is 10.4. The van der Waals surface area contributed by atoms with Crippen LogP contribution in [0.3, 0.4) is 0 Å². The van der Waals surface area contributed by atoms with E-state index < -0.39 is 0 Å². The molecule has 1 aromatic heterocycles. The van der Waals surface area contributed by atoms with Crippen LogP contribution in [0.4, 0.5) is 5.82 Å². The van der Waals surface area contributed by atoms with Gasteiger partial charge in [-0.1, -0.05) is 18.2 Å². The van der Waals surface area contributed by atoms with Crippen molar-refractivity contribution >= 4 is 11.7 Å². The molecule has 1 amide bonds. The summed E-state index contributed by atoms with van der Waals surface area (Å²) in [4.78, 5) is 22.9. The average molecular weight is 338 g/mol. The molecular formula is C19H22N4O2. The Balaban J connectivity index is 1.44. The van der Waals surface area contributed by atoms with Crippen LogP contribution >= 0.6 is 0 Å². The maximum Gasteiger partial charge on any atom is 0.227 e. The van der Waals surface area contributed by atoms with Gasteiger partial charge in [-0.05, 0) is 36.0 Å². The lowest BCUT2D eigenvalue weighted by atomic mass is 10.0. The summed E-state index contributed by atoms with van der Waals surface area (Å²) in [6.45, 7) is 1.55. The van der Waals surface area contributed by atoms with E-state index >= 15 is 0 Å². The molecule has 1 atom stereocenters. The molecule has 6 nitrogen and oxygen atoms in total. The molecule has 1 aromatic carbocycles. The van der Waals surface area contributed by atoms with E-state index in [1.165, 1.54) is 17.5 Å². The predicted octanol–water partition coefficient (Wildman–Crippen LogP) is 1.69. The summed E-state index contributed by atoms with van der Waals surface area (Å²) in [5.74, 6) is 0.481. The molecule has 6 heteroatoms. The Morgan fingerprint density at radius 1 is 1.24 bits per heavy atom. The van der Waals surface area contributed by atoms with Gasteiger partial charge in [-0.2, -0.15) is 0 Å². The van der Waals surface area contributed by atoms with Crippen LogP contribution in [0, 0.1) is 0 Å². The third kappa shape index (κ3) is 3.35. The van der Waals surface area contributed by atoms with Crippen LogP contribution in [-0.4, -0.2) is 40.5 Å². The van der Waals surface area contributed by atoms with Gasteiger partial charge >= 0.3 is 0 Å². The van der Waals surface area contributed by atoms with Crippen molar-refractivity contribution in [3.05, 3.63) is 53.0 Å². The van der Waals surface area contributed by atoms with E-state index in [0.717, 1.165) is 18.4 Å². The van der Waals surface area contributed by atoms with Gasteiger partial charge in [0.2, 0.25) is 5.91 Å². The fourth-order valence-electron chi connectivity index (χ4n) is 3.67. The molecule has 130 valence electrons. The van der Waals surface area contributed by atoms with Crippen LogP contribution in [-0.2, 0) is 28.8 Å².